The molecule has 2 N–H and O–H groups in total. The Morgan fingerprint density at radius 1 is 1.20 bits per heavy atom. The van der Waals surface area contributed by atoms with Crippen molar-refractivity contribution in [3.8, 4) is 11.5 Å². The molecule has 11 nitrogen and oxygen atoms in total. The largest absolute Gasteiger partial charge is 0.490 e. The first kappa shape index (κ1) is 19.7. The average Bonchev–Trinajstić information content (AvgIpc) is 2.98. The molecule has 2 aromatic rings. The Morgan fingerprint density at radius 3 is 2.63 bits per heavy atom. The summed E-state index contributed by atoms with van der Waals surface area (Å²) in [6.07, 6.45) is 2.84. The second kappa shape index (κ2) is 8.39. The molecule has 1 aromatic heterocycles. The maximum Gasteiger partial charge on any atom is 0.353 e. The molecule has 2 aliphatic rings. The van der Waals surface area contributed by atoms with Gasteiger partial charge in [-0.1, -0.05) is 0 Å². The predicted molar refractivity (Wildman–Crippen MR) is 107 cm³/mol. The summed E-state index contributed by atoms with van der Waals surface area (Å²) in [4.78, 5) is 32.4. The quantitative estimate of drug-likeness (QED) is 0.553. The van der Waals surface area contributed by atoms with E-state index < -0.39 is 16.8 Å². The van der Waals surface area contributed by atoms with Gasteiger partial charge in [-0.15, -0.1) is 0 Å². The average molecular weight is 415 g/mol. The molecule has 4 rings (SSSR count). The number of nitro groups is 1. The van der Waals surface area contributed by atoms with E-state index in [4.69, 9.17) is 14.6 Å². The first-order chi connectivity index (χ1) is 14.5. The molecule has 158 valence electrons. The molecular formula is C19H21N5O6. The number of hydrogen-bond acceptors (Lipinski definition) is 9. The van der Waals surface area contributed by atoms with Crippen molar-refractivity contribution in [3.63, 3.8) is 0 Å². The molecule has 0 atom stereocenters. The normalized spacial score (nSPS) is 16.6. The van der Waals surface area contributed by atoms with E-state index in [-0.39, 0.29) is 17.3 Å². The van der Waals surface area contributed by atoms with Gasteiger partial charge in [-0.3, -0.25) is 14.9 Å². The van der Waals surface area contributed by atoms with Gasteiger partial charge in [-0.2, -0.15) is 0 Å². The molecule has 11 heteroatoms. The SMILES string of the molecule is O=C(O)C1CCN(c2ncnc(Nc3ccc4c(c3)OCCCO4)c2[N+](=O)[O-])CC1. The van der Waals surface area contributed by atoms with Crippen molar-refractivity contribution < 1.29 is 24.3 Å². The molecule has 1 saturated heterocycles. The zero-order valence-corrected chi connectivity index (χ0v) is 16.1. The third kappa shape index (κ3) is 4.04. The van der Waals surface area contributed by atoms with Crippen molar-refractivity contribution in [2.45, 2.75) is 19.3 Å². The van der Waals surface area contributed by atoms with Gasteiger partial charge in [0.25, 0.3) is 0 Å². The minimum Gasteiger partial charge on any atom is -0.490 e. The first-order valence-corrected chi connectivity index (χ1v) is 9.66. The highest BCUT2D eigenvalue weighted by molar-refractivity contribution is 5.76. The van der Waals surface area contributed by atoms with E-state index in [2.05, 4.69) is 15.3 Å². The van der Waals surface area contributed by atoms with Gasteiger partial charge in [0.1, 0.15) is 6.33 Å². The Hall–Kier alpha value is -3.63. The van der Waals surface area contributed by atoms with E-state index in [1.54, 1.807) is 23.1 Å². The lowest BCUT2D eigenvalue weighted by molar-refractivity contribution is -0.383. The van der Waals surface area contributed by atoms with E-state index >= 15 is 0 Å². The standard InChI is InChI=1S/C19H21N5O6/c25-19(26)12-4-6-23(7-5-12)18-16(24(27)28)17(20-11-21-18)22-13-2-3-14-15(10-13)30-9-1-8-29-14/h2-3,10-12H,1,4-9H2,(H,25,26)(H,20,21,22). The van der Waals surface area contributed by atoms with Crippen molar-refractivity contribution >= 4 is 29.0 Å². The summed E-state index contributed by atoms with van der Waals surface area (Å²) in [5, 5.41) is 24.0. The molecule has 0 spiro atoms. The zero-order chi connectivity index (χ0) is 21.1. The van der Waals surface area contributed by atoms with Crippen molar-refractivity contribution in [1.82, 2.24) is 9.97 Å². The molecule has 30 heavy (non-hydrogen) atoms. The molecular weight excluding hydrogens is 394 g/mol. The summed E-state index contributed by atoms with van der Waals surface area (Å²) < 4.78 is 11.3. The van der Waals surface area contributed by atoms with Crippen LogP contribution in [0.4, 0.5) is 23.0 Å². The van der Waals surface area contributed by atoms with Gasteiger partial charge >= 0.3 is 11.7 Å². The number of nitrogens with zero attached hydrogens (tertiary/aromatic N) is 4. The van der Waals surface area contributed by atoms with Crippen LogP contribution in [0.25, 0.3) is 0 Å². The van der Waals surface area contributed by atoms with Crippen molar-refractivity contribution in [3.05, 3.63) is 34.6 Å². The number of rotatable bonds is 5. The van der Waals surface area contributed by atoms with Crippen LogP contribution in [0.15, 0.2) is 24.5 Å². The fraction of sp³-hybridized carbons (Fsp3) is 0.421. The van der Waals surface area contributed by atoms with Gasteiger partial charge in [0.05, 0.1) is 24.1 Å². The maximum absolute atomic E-state index is 11.8. The number of aromatic nitrogens is 2. The molecule has 0 saturated carbocycles. The minimum absolute atomic E-state index is 0.0554. The van der Waals surface area contributed by atoms with Crippen LogP contribution in [-0.4, -0.2) is 52.3 Å². The Morgan fingerprint density at radius 2 is 1.93 bits per heavy atom. The summed E-state index contributed by atoms with van der Waals surface area (Å²) >= 11 is 0. The highest BCUT2D eigenvalue weighted by atomic mass is 16.6. The van der Waals surface area contributed by atoms with Crippen LogP contribution in [0.1, 0.15) is 19.3 Å². The van der Waals surface area contributed by atoms with Crippen molar-refractivity contribution in [2.24, 2.45) is 5.92 Å². The lowest BCUT2D eigenvalue weighted by Gasteiger charge is -2.30. The molecule has 0 aliphatic carbocycles. The fourth-order valence-electron chi connectivity index (χ4n) is 3.58. The summed E-state index contributed by atoms with van der Waals surface area (Å²) in [5.74, 6) is 0.128. The molecule has 0 amide bonds. The number of piperidine rings is 1. The predicted octanol–water partition coefficient (Wildman–Crippen LogP) is 2.59. The van der Waals surface area contributed by atoms with Gasteiger partial charge < -0.3 is 24.8 Å². The number of aliphatic carboxylic acids is 1. The van der Waals surface area contributed by atoms with Gasteiger partial charge in [0.2, 0.25) is 11.6 Å². The smallest absolute Gasteiger partial charge is 0.353 e. The summed E-state index contributed by atoms with van der Waals surface area (Å²) in [7, 11) is 0. The third-order valence-corrected chi connectivity index (χ3v) is 5.14. The second-order valence-electron chi connectivity index (χ2n) is 7.09. The van der Waals surface area contributed by atoms with E-state index in [1.807, 2.05) is 0 Å². The van der Waals surface area contributed by atoms with E-state index in [0.29, 0.717) is 56.3 Å². The molecule has 0 bridgehead atoms. The monoisotopic (exact) mass is 415 g/mol. The summed E-state index contributed by atoms with van der Waals surface area (Å²) in [6, 6.07) is 5.19. The highest BCUT2D eigenvalue weighted by Crippen LogP contribution is 2.37. The third-order valence-electron chi connectivity index (χ3n) is 5.14. The summed E-state index contributed by atoms with van der Waals surface area (Å²) in [6.45, 7) is 1.84. The molecule has 3 heterocycles. The Labute approximate surface area is 171 Å². The van der Waals surface area contributed by atoms with Crippen LogP contribution in [-0.2, 0) is 4.79 Å². The van der Waals surface area contributed by atoms with Crippen LogP contribution in [0.5, 0.6) is 11.5 Å². The zero-order valence-electron chi connectivity index (χ0n) is 16.1. The maximum atomic E-state index is 11.8. The van der Waals surface area contributed by atoms with Crippen LogP contribution in [0, 0.1) is 16.0 Å². The van der Waals surface area contributed by atoms with Crippen LogP contribution >= 0.6 is 0 Å². The Balaban J connectivity index is 1.60. The van der Waals surface area contributed by atoms with Gasteiger partial charge in [-0.25, -0.2) is 9.97 Å². The highest BCUT2D eigenvalue weighted by Gasteiger charge is 2.31. The summed E-state index contributed by atoms with van der Waals surface area (Å²) in [5.41, 5.74) is 0.315. The Bertz CT molecular complexity index is 960. The lowest BCUT2D eigenvalue weighted by Crippen LogP contribution is -2.37. The molecule has 0 unspecified atom stereocenters. The Kier molecular flexibility index (Phi) is 5.50. The van der Waals surface area contributed by atoms with E-state index in [1.165, 1.54) is 6.33 Å². The molecule has 0 radical (unpaired) electrons. The number of anilines is 3. The number of carboxylic acids is 1. The number of carboxylic acid groups (broad SMARTS) is 1. The number of benzene rings is 1. The van der Waals surface area contributed by atoms with Gasteiger partial charge in [0.15, 0.2) is 11.5 Å². The van der Waals surface area contributed by atoms with Crippen molar-refractivity contribution in [2.75, 3.05) is 36.5 Å². The van der Waals surface area contributed by atoms with Crippen LogP contribution in [0.3, 0.4) is 0 Å². The first-order valence-electron chi connectivity index (χ1n) is 9.66. The second-order valence-corrected chi connectivity index (χ2v) is 7.09. The minimum atomic E-state index is -0.844. The number of nitrogens with one attached hydrogen (secondary N) is 1. The van der Waals surface area contributed by atoms with Crippen LogP contribution in [0.2, 0.25) is 0 Å². The molecule has 1 fully saturated rings. The number of ether oxygens (including phenoxy) is 2. The van der Waals surface area contributed by atoms with Gasteiger partial charge in [0, 0.05) is 31.3 Å². The van der Waals surface area contributed by atoms with Crippen LogP contribution < -0.4 is 19.7 Å². The van der Waals surface area contributed by atoms with E-state index in [9.17, 15) is 14.9 Å². The fourth-order valence-corrected chi connectivity index (χ4v) is 3.58. The number of carbonyl (C=O) groups is 1. The lowest BCUT2D eigenvalue weighted by atomic mass is 9.97. The van der Waals surface area contributed by atoms with E-state index in [0.717, 1.165) is 6.42 Å². The van der Waals surface area contributed by atoms with Gasteiger partial charge in [-0.05, 0) is 25.0 Å². The molecule has 1 aromatic carbocycles. The number of fused-ring (bicyclic) bond motifs is 1. The molecule has 2 aliphatic heterocycles. The number of hydrogen-bond donors (Lipinski definition) is 2. The topological polar surface area (TPSA) is 140 Å². The van der Waals surface area contributed by atoms with Crippen molar-refractivity contribution in [1.29, 1.82) is 0 Å².